The molecule has 82 valence electrons. The molecule has 0 amide bonds. The summed E-state index contributed by atoms with van der Waals surface area (Å²) in [5.74, 6) is 6.14. The summed E-state index contributed by atoms with van der Waals surface area (Å²) in [5.41, 5.74) is 0.471. The SMILES string of the molecule is [2H]c1cc(-c2nc([2H])[c]([Ge]([CH3])([CH3])[CH3])c([2H])c2[2H])cc([2H])c1[2H]. The van der Waals surface area contributed by atoms with Gasteiger partial charge in [0.25, 0.3) is 0 Å². The molecule has 0 saturated heterocycles. The first-order valence-electron chi connectivity index (χ1n) is 8.10. The van der Waals surface area contributed by atoms with Crippen molar-refractivity contribution < 1.29 is 8.22 Å². The number of aromatic nitrogens is 1. The van der Waals surface area contributed by atoms with Crippen molar-refractivity contribution in [2.45, 2.75) is 17.3 Å². The predicted octanol–water partition coefficient (Wildman–Crippen LogP) is 3.29. The third kappa shape index (κ3) is 2.53. The van der Waals surface area contributed by atoms with E-state index in [1.165, 1.54) is 12.1 Å². The summed E-state index contributed by atoms with van der Waals surface area (Å²) in [6.07, 6.45) is 0.0107. The topological polar surface area (TPSA) is 12.9 Å². The second-order valence-electron chi connectivity index (χ2n) is 4.60. The van der Waals surface area contributed by atoms with Crippen LogP contribution in [0.2, 0.25) is 17.3 Å². The van der Waals surface area contributed by atoms with Gasteiger partial charge >= 0.3 is 108 Å². The molecule has 2 rings (SSSR count). The van der Waals surface area contributed by atoms with Crippen LogP contribution in [0.5, 0.6) is 0 Å². The van der Waals surface area contributed by atoms with Crippen LogP contribution in [-0.2, 0) is 0 Å². The van der Waals surface area contributed by atoms with Gasteiger partial charge in [-0.3, -0.25) is 0 Å². The molecule has 1 aromatic heterocycles. The van der Waals surface area contributed by atoms with Crippen LogP contribution >= 0.6 is 0 Å². The second kappa shape index (κ2) is 4.42. The van der Waals surface area contributed by atoms with Crippen molar-refractivity contribution in [2.24, 2.45) is 0 Å². The maximum absolute atomic E-state index is 8.20. The van der Waals surface area contributed by atoms with E-state index in [0.717, 1.165) is 0 Å². The van der Waals surface area contributed by atoms with Gasteiger partial charge in [0.2, 0.25) is 0 Å². The number of nitrogens with zero attached hydrogens (tertiary/aromatic N) is 1. The van der Waals surface area contributed by atoms with E-state index in [-0.39, 0.29) is 42.1 Å². The van der Waals surface area contributed by atoms with E-state index in [1.807, 2.05) is 17.3 Å². The molecule has 0 aliphatic carbocycles. The van der Waals surface area contributed by atoms with Crippen molar-refractivity contribution in [3.05, 3.63) is 48.5 Å². The number of pyridine rings is 1. The fourth-order valence-corrected chi connectivity index (χ4v) is 2.97. The molecule has 0 unspecified atom stereocenters. The van der Waals surface area contributed by atoms with Crippen LogP contribution in [0.1, 0.15) is 8.22 Å². The Kier molecular flexibility index (Phi) is 1.66. The normalized spacial score (nSPS) is 16.7. The number of benzene rings is 1. The minimum absolute atomic E-state index is 0.0107. The van der Waals surface area contributed by atoms with E-state index in [2.05, 4.69) is 4.98 Å². The standard InChI is InChI=1S/C14H17GeN/c1-15(2,3)13-9-10-14(16-11-13)12-7-5-4-6-8-12/h4-11H,1-3H3/i4D,5D,6D,9D,10D,11D. The third-order valence-electron chi connectivity index (χ3n) is 2.21. The van der Waals surface area contributed by atoms with Gasteiger partial charge in [0.05, 0.1) is 0 Å². The molecule has 1 heterocycles. The third-order valence-corrected chi connectivity index (χ3v) is 5.85. The van der Waals surface area contributed by atoms with Crippen LogP contribution < -0.4 is 4.40 Å². The Bertz CT molecular complexity index is 731. The fourth-order valence-electron chi connectivity index (χ4n) is 1.23. The van der Waals surface area contributed by atoms with Gasteiger partial charge in [-0.15, -0.1) is 0 Å². The molecule has 1 aromatic carbocycles. The second-order valence-corrected chi connectivity index (χ2v) is 15.1. The zero-order valence-electron chi connectivity index (χ0n) is 15.6. The molecule has 0 radical (unpaired) electrons. The van der Waals surface area contributed by atoms with E-state index < -0.39 is 13.3 Å². The van der Waals surface area contributed by atoms with Crippen molar-refractivity contribution in [2.75, 3.05) is 0 Å². The molecule has 2 heteroatoms. The van der Waals surface area contributed by atoms with Gasteiger partial charge in [-0.25, -0.2) is 0 Å². The first-order valence-corrected chi connectivity index (χ1v) is 12.4. The molecule has 2 aromatic rings. The molecule has 0 spiro atoms. The molecule has 16 heavy (non-hydrogen) atoms. The Labute approximate surface area is 108 Å². The van der Waals surface area contributed by atoms with Gasteiger partial charge in [-0.05, 0) is 0 Å². The van der Waals surface area contributed by atoms with E-state index in [0.29, 0.717) is 9.96 Å². The van der Waals surface area contributed by atoms with Crippen molar-refractivity contribution in [3.63, 3.8) is 0 Å². The molecular weight excluding hydrogens is 255 g/mol. The Hall–Kier alpha value is -1.09. The molecule has 0 saturated carbocycles. The first-order chi connectivity index (χ1) is 10.0. The minimum atomic E-state index is -2.49. The molecule has 0 atom stereocenters. The van der Waals surface area contributed by atoms with E-state index in [4.69, 9.17) is 8.22 Å². The molecule has 0 N–H and O–H groups in total. The van der Waals surface area contributed by atoms with Crippen molar-refractivity contribution in [3.8, 4) is 11.3 Å². The Balaban J connectivity index is 2.74. The van der Waals surface area contributed by atoms with Gasteiger partial charge in [0.15, 0.2) is 0 Å². The van der Waals surface area contributed by atoms with Crippen LogP contribution in [0.3, 0.4) is 0 Å². The Morgan fingerprint density at radius 2 is 1.75 bits per heavy atom. The van der Waals surface area contributed by atoms with Crippen LogP contribution in [-0.4, -0.2) is 18.3 Å². The van der Waals surface area contributed by atoms with Gasteiger partial charge in [0.1, 0.15) is 0 Å². The summed E-state index contributed by atoms with van der Waals surface area (Å²) in [7, 11) is 0. The molecule has 0 bridgehead atoms. The zero-order chi connectivity index (χ0) is 16.8. The quantitative estimate of drug-likeness (QED) is 0.768. The molecule has 0 fully saturated rings. The predicted molar refractivity (Wildman–Crippen MR) is 72.7 cm³/mol. The van der Waals surface area contributed by atoms with Crippen molar-refractivity contribution in [1.29, 1.82) is 0 Å². The number of rotatable bonds is 2. The fraction of sp³-hybridized carbons (Fsp3) is 0.214. The Morgan fingerprint density at radius 3 is 2.38 bits per heavy atom. The molecule has 0 aliphatic heterocycles. The van der Waals surface area contributed by atoms with Crippen LogP contribution in [0, 0.1) is 0 Å². The maximum atomic E-state index is 8.20. The van der Waals surface area contributed by atoms with Crippen LogP contribution in [0.15, 0.2) is 48.5 Å². The summed E-state index contributed by atoms with van der Waals surface area (Å²) in [4.78, 5) is 4.16. The average molecular weight is 278 g/mol. The van der Waals surface area contributed by atoms with Gasteiger partial charge < -0.3 is 0 Å². The van der Waals surface area contributed by atoms with E-state index >= 15 is 0 Å². The number of hydrogen-bond donors (Lipinski definition) is 0. The summed E-state index contributed by atoms with van der Waals surface area (Å²) >= 11 is -2.49. The van der Waals surface area contributed by atoms with E-state index in [9.17, 15) is 0 Å². The number of hydrogen-bond acceptors (Lipinski definition) is 1. The summed E-state index contributed by atoms with van der Waals surface area (Å²) in [6, 6.07) is 2.22. The van der Waals surface area contributed by atoms with Gasteiger partial charge in [0, 0.05) is 0 Å². The average Bonchev–Trinajstić information content (AvgIpc) is 2.38. The molecule has 1 nitrogen and oxygen atoms in total. The van der Waals surface area contributed by atoms with Crippen LogP contribution in [0.25, 0.3) is 11.3 Å². The van der Waals surface area contributed by atoms with Crippen LogP contribution in [0.4, 0.5) is 0 Å². The van der Waals surface area contributed by atoms with Gasteiger partial charge in [-0.2, -0.15) is 0 Å². The van der Waals surface area contributed by atoms with Gasteiger partial charge in [-0.1, -0.05) is 0 Å². The van der Waals surface area contributed by atoms with Crippen molar-refractivity contribution >= 4 is 17.7 Å². The van der Waals surface area contributed by atoms with E-state index in [1.54, 1.807) is 0 Å². The van der Waals surface area contributed by atoms with Crippen molar-refractivity contribution in [1.82, 2.24) is 4.98 Å². The monoisotopic (exact) mass is 279 g/mol. The summed E-state index contributed by atoms with van der Waals surface area (Å²) in [6.45, 7) is 0. The molecular formula is C14H17GeN. The molecule has 0 aliphatic rings. The summed E-state index contributed by atoms with van der Waals surface area (Å²) in [5, 5.41) is 0. The zero-order valence-corrected chi connectivity index (χ0v) is 11.7. The summed E-state index contributed by atoms with van der Waals surface area (Å²) < 4.78 is 48.0. The Morgan fingerprint density at radius 1 is 1.06 bits per heavy atom. The first kappa shape index (κ1) is 6.01.